The summed E-state index contributed by atoms with van der Waals surface area (Å²) in [5.74, 6) is 0. The molecule has 0 atom stereocenters. The molecule has 0 spiro atoms. The van der Waals surface area contributed by atoms with Crippen molar-refractivity contribution < 1.29 is 0 Å². The zero-order chi connectivity index (χ0) is 4.83. The zero-order valence-corrected chi connectivity index (χ0v) is 4.18. The van der Waals surface area contributed by atoms with E-state index in [9.17, 15) is 0 Å². The summed E-state index contributed by atoms with van der Waals surface area (Å²) in [6.45, 7) is 5.58. The molecule has 0 amide bonds. The van der Waals surface area contributed by atoms with E-state index in [2.05, 4.69) is 4.90 Å². The van der Waals surface area contributed by atoms with Gasteiger partial charge in [0.05, 0.1) is 0 Å². The fourth-order valence-corrected chi connectivity index (χ4v) is 0.172. The molecule has 0 saturated heterocycles. The third kappa shape index (κ3) is 4.06. The molecule has 0 fully saturated rings. The number of hydrogen-bond donors (Lipinski definition) is 0. The third-order valence-electron chi connectivity index (χ3n) is 0.428. The van der Waals surface area contributed by atoms with E-state index in [4.69, 9.17) is 0 Å². The van der Waals surface area contributed by atoms with Crippen LogP contribution in [0.25, 0.3) is 0 Å². The number of nitrogens with zero attached hydrogens (tertiary/aromatic N) is 1. The van der Waals surface area contributed by atoms with Gasteiger partial charge in [-0.3, -0.25) is 0 Å². The molecule has 0 heterocycles. The predicted molar refractivity (Wildman–Crippen MR) is 34.2 cm³/mol. The average Bonchev–Trinajstić information content (AvgIpc) is 1.61. The molecular weight excluding hydrogens is 69.3 g/mol. The third-order valence-corrected chi connectivity index (χ3v) is 0.428. The first kappa shape index (κ1) is 6.06. The first-order valence-corrected chi connectivity index (χ1v) is 1.95. The van der Waals surface area contributed by atoms with Crippen LogP contribution in [0.4, 0.5) is 0 Å². The molecule has 26 valence electrons. The summed E-state index contributed by atoms with van der Waals surface area (Å²) in [5, 5.41) is 0. The van der Waals surface area contributed by atoms with Crippen molar-refractivity contribution in [3.63, 3.8) is 0 Å². The monoisotopic (exact) mass is 75.1 g/mol. The minimum atomic E-state index is 1.75. The van der Waals surface area contributed by atoms with E-state index in [1.54, 1.807) is 14.0 Å². The van der Waals surface area contributed by atoms with Crippen LogP contribution >= 0.6 is 0 Å². The molecule has 0 unspecified atom stereocenters. The van der Waals surface area contributed by atoms with E-state index in [-0.39, 0.29) is 0 Å². The van der Waals surface area contributed by atoms with Crippen LogP contribution in [-0.4, -0.2) is 35.1 Å². The van der Waals surface area contributed by atoms with Crippen LogP contribution in [0.1, 0.15) is 0 Å². The van der Waals surface area contributed by atoms with E-state index in [0.717, 1.165) is 0 Å². The normalized spacial score (nSPS) is 7.50. The van der Waals surface area contributed by atoms with Gasteiger partial charge in [-0.15, -0.1) is 0 Å². The Morgan fingerprint density at radius 1 is 1.67 bits per heavy atom. The van der Waals surface area contributed by atoms with Crippen LogP contribution in [0.5, 0.6) is 0 Å². The average molecular weight is 74.3 g/mol. The summed E-state index contributed by atoms with van der Waals surface area (Å²) in [7, 11) is 3.71. The van der Waals surface area contributed by atoms with Gasteiger partial charge in [0, 0.05) is 0 Å². The standard InChI is InChI=1S/CH5B4N/c1-6-5-4-3-2/h2H2,1H3. The molecule has 0 aromatic heterocycles. The molecule has 0 saturated carbocycles. The van der Waals surface area contributed by atoms with Gasteiger partial charge in [-0.1, -0.05) is 0 Å². The van der Waals surface area contributed by atoms with Gasteiger partial charge in [0.25, 0.3) is 0 Å². The predicted octanol–water partition coefficient (Wildman–Crippen LogP) is -1.71. The Kier molecular flexibility index (Phi) is 5.11. The Bertz CT molecular complexity index is 55.9. The topological polar surface area (TPSA) is 12.4 Å². The number of rotatable bonds is 1. The van der Waals surface area contributed by atoms with Crippen molar-refractivity contribution in [2.45, 2.75) is 0 Å². The fourth-order valence-electron chi connectivity index (χ4n) is 0.172. The van der Waals surface area contributed by atoms with Gasteiger partial charge in [-0.25, -0.2) is 0 Å². The van der Waals surface area contributed by atoms with Crippen molar-refractivity contribution in [2.75, 3.05) is 7.05 Å². The first-order valence-electron chi connectivity index (χ1n) is 1.95. The minimum absolute atomic E-state index is 1.75. The van der Waals surface area contributed by atoms with Crippen LogP contribution in [0.15, 0.2) is 4.90 Å². The molecule has 0 radical (unpaired) electrons. The van der Waals surface area contributed by atoms with Crippen molar-refractivity contribution in [1.82, 2.24) is 0 Å². The Balaban J connectivity index is 3.07. The van der Waals surface area contributed by atoms with E-state index in [1.165, 1.54) is 0 Å². The summed E-state index contributed by atoms with van der Waals surface area (Å²) >= 11 is 0. The Labute approximate surface area is 41.0 Å². The summed E-state index contributed by atoms with van der Waals surface area (Å²) in [6.07, 6.45) is 0. The molecule has 0 N–H and O–H groups in total. The van der Waals surface area contributed by atoms with E-state index >= 15 is 0 Å². The summed E-state index contributed by atoms with van der Waals surface area (Å²) in [6, 6.07) is 0. The van der Waals surface area contributed by atoms with Crippen molar-refractivity contribution >= 4 is 28.1 Å². The van der Waals surface area contributed by atoms with Crippen molar-refractivity contribution in [3.05, 3.63) is 0 Å². The van der Waals surface area contributed by atoms with Gasteiger partial charge >= 0.3 is 40.0 Å². The summed E-state index contributed by atoms with van der Waals surface area (Å²) < 4.78 is 0. The molecule has 1 nitrogen and oxygen atoms in total. The van der Waals surface area contributed by atoms with Gasteiger partial charge in [-0.05, 0) is 0 Å². The molecule has 0 aromatic rings. The molecule has 0 aliphatic rings. The Morgan fingerprint density at radius 3 is 2.50 bits per heavy atom. The van der Waals surface area contributed by atoms with Gasteiger partial charge in [0.2, 0.25) is 0 Å². The first-order chi connectivity index (χ1) is 2.91. The molecule has 0 aliphatic heterocycles. The quantitative estimate of drug-likeness (QED) is 0.329. The molecule has 6 heavy (non-hydrogen) atoms. The number of hydrogen-bond acceptors (Lipinski definition) is 1. The van der Waals surface area contributed by atoms with Crippen LogP contribution in [0.2, 0.25) is 0 Å². The fraction of sp³-hybridized carbons (Fsp3) is 1.00. The molecule has 0 aliphatic carbocycles. The molecule has 5 heteroatoms. The van der Waals surface area contributed by atoms with E-state index in [1.807, 2.05) is 21.1 Å². The van der Waals surface area contributed by atoms with Crippen LogP contribution in [-0.2, 0) is 0 Å². The van der Waals surface area contributed by atoms with Crippen molar-refractivity contribution in [2.24, 2.45) is 4.90 Å². The van der Waals surface area contributed by atoms with Gasteiger partial charge < -0.3 is 0 Å². The van der Waals surface area contributed by atoms with Gasteiger partial charge in [0.15, 0.2) is 0 Å². The second-order valence-corrected chi connectivity index (χ2v) is 0.933. The van der Waals surface area contributed by atoms with Gasteiger partial charge in [-0.2, -0.15) is 0 Å². The van der Waals surface area contributed by atoms with Crippen molar-refractivity contribution in [3.8, 4) is 0 Å². The maximum atomic E-state index is 3.71. The Hall–Kier alpha value is 0.0597. The van der Waals surface area contributed by atoms with Crippen LogP contribution < -0.4 is 0 Å². The van der Waals surface area contributed by atoms with E-state index < -0.39 is 0 Å². The molecule has 0 aromatic carbocycles. The second kappa shape index (κ2) is 5.06. The van der Waals surface area contributed by atoms with Crippen molar-refractivity contribution in [1.29, 1.82) is 0 Å². The van der Waals surface area contributed by atoms with Gasteiger partial charge in [0.1, 0.15) is 0 Å². The zero-order valence-electron chi connectivity index (χ0n) is 4.18. The second-order valence-electron chi connectivity index (χ2n) is 0.933. The molecule has 0 rings (SSSR count). The van der Waals surface area contributed by atoms with Crippen LogP contribution in [0.3, 0.4) is 0 Å². The molecular formula is CH5B4N. The summed E-state index contributed by atoms with van der Waals surface area (Å²) in [4.78, 5) is 3.71. The summed E-state index contributed by atoms with van der Waals surface area (Å²) in [5.41, 5.74) is 0. The SMILES string of the molecule is BB=BB=NC. The van der Waals surface area contributed by atoms with E-state index in [0.29, 0.717) is 0 Å². The van der Waals surface area contributed by atoms with Crippen LogP contribution in [0, 0.1) is 0 Å². The molecule has 0 bridgehead atoms. The maximum absolute atomic E-state index is 3.71. The Morgan fingerprint density at radius 2 is 2.33 bits per heavy atom.